The van der Waals surface area contributed by atoms with Crippen molar-refractivity contribution in [3.63, 3.8) is 0 Å². The lowest BCUT2D eigenvalue weighted by atomic mass is 10.1. The molecule has 2 aromatic carbocycles. The number of carbonyl (C=O) groups excluding carboxylic acids is 1. The Morgan fingerprint density at radius 1 is 1.06 bits per heavy atom. The molecule has 0 radical (unpaired) electrons. The van der Waals surface area contributed by atoms with Crippen LogP contribution in [-0.2, 0) is 24.4 Å². The summed E-state index contributed by atoms with van der Waals surface area (Å²) in [6.07, 6.45) is 2.44. The van der Waals surface area contributed by atoms with Crippen molar-refractivity contribution in [2.75, 3.05) is 18.8 Å². The summed E-state index contributed by atoms with van der Waals surface area (Å²) < 4.78 is 15.8. The van der Waals surface area contributed by atoms with Crippen LogP contribution in [0.2, 0.25) is 0 Å². The molecule has 32 heavy (non-hydrogen) atoms. The first-order chi connectivity index (χ1) is 15.6. The Bertz CT molecular complexity index is 1050. The van der Waals surface area contributed by atoms with Crippen molar-refractivity contribution in [3.8, 4) is 0 Å². The second-order valence-corrected chi connectivity index (χ2v) is 9.05. The average molecular weight is 454 g/mol. The number of carbonyl (C=O) groups is 1. The molecule has 8 heteroatoms. The van der Waals surface area contributed by atoms with E-state index in [2.05, 4.69) is 37.1 Å². The summed E-state index contributed by atoms with van der Waals surface area (Å²) in [5, 5.41) is 12.4. The third-order valence-electron chi connectivity index (χ3n) is 5.60. The number of nitrogens with one attached hydrogen (secondary N) is 1. The molecule has 1 amide bonds. The van der Waals surface area contributed by atoms with Crippen LogP contribution >= 0.6 is 11.8 Å². The Morgan fingerprint density at radius 2 is 1.84 bits per heavy atom. The Balaban J connectivity index is 1.39. The van der Waals surface area contributed by atoms with Crippen LogP contribution in [0.25, 0.3) is 0 Å². The fraction of sp³-hybridized carbons (Fsp3) is 0.375. The predicted molar refractivity (Wildman–Crippen MR) is 124 cm³/mol. The SMILES string of the molecule is Cc1ccc(CNC(=O)CSc2nnc(CN3CCCC3)n2Cc2ccccc2)cc1F. The minimum absolute atomic E-state index is 0.119. The van der Waals surface area contributed by atoms with Crippen molar-refractivity contribution in [2.45, 2.75) is 44.6 Å². The highest BCUT2D eigenvalue weighted by atomic mass is 32.2. The summed E-state index contributed by atoms with van der Waals surface area (Å²) in [4.78, 5) is 14.8. The molecule has 0 bridgehead atoms. The quantitative estimate of drug-likeness (QED) is 0.500. The molecule has 0 atom stereocenters. The van der Waals surface area contributed by atoms with Crippen molar-refractivity contribution in [3.05, 3.63) is 76.9 Å². The molecule has 1 aliphatic rings. The zero-order chi connectivity index (χ0) is 22.3. The number of hydrogen-bond acceptors (Lipinski definition) is 5. The molecule has 1 saturated heterocycles. The van der Waals surface area contributed by atoms with Gasteiger partial charge in [0.15, 0.2) is 5.16 Å². The van der Waals surface area contributed by atoms with Gasteiger partial charge in [-0.05, 0) is 55.6 Å². The first kappa shape index (κ1) is 22.5. The highest BCUT2D eigenvalue weighted by Gasteiger charge is 2.19. The maximum Gasteiger partial charge on any atom is 0.230 e. The van der Waals surface area contributed by atoms with Crippen molar-refractivity contribution in [1.82, 2.24) is 25.0 Å². The van der Waals surface area contributed by atoms with Gasteiger partial charge in [0, 0.05) is 6.54 Å². The summed E-state index contributed by atoms with van der Waals surface area (Å²) in [6, 6.07) is 15.2. The molecule has 4 rings (SSSR count). The van der Waals surface area contributed by atoms with Gasteiger partial charge in [0.25, 0.3) is 0 Å². The number of nitrogens with zero attached hydrogens (tertiary/aromatic N) is 4. The van der Waals surface area contributed by atoms with Crippen molar-refractivity contribution < 1.29 is 9.18 Å². The number of rotatable bonds is 9. The van der Waals surface area contributed by atoms with E-state index in [9.17, 15) is 9.18 Å². The Morgan fingerprint density at radius 3 is 2.59 bits per heavy atom. The van der Waals surface area contributed by atoms with E-state index < -0.39 is 0 Å². The lowest BCUT2D eigenvalue weighted by molar-refractivity contribution is -0.118. The van der Waals surface area contributed by atoms with E-state index in [1.165, 1.54) is 36.2 Å². The maximum absolute atomic E-state index is 13.7. The predicted octanol–water partition coefficient (Wildman–Crippen LogP) is 3.78. The number of aromatic nitrogens is 3. The minimum Gasteiger partial charge on any atom is -0.351 e. The van der Waals surface area contributed by atoms with Gasteiger partial charge in [0.1, 0.15) is 11.6 Å². The maximum atomic E-state index is 13.7. The first-order valence-corrected chi connectivity index (χ1v) is 11.9. The third-order valence-corrected chi connectivity index (χ3v) is 6.57. The Hall–Kier alpha value is -2.71. The molecule has 0 saturated carbocycles. The van der Waals surface area contributed by atoms with Crippen LogP contribution in [0.4, 0.5) is 4.39 Å². The second-order valence-electron chi connectivity index (χ2n) is 8.10. The van der Waals surface area contributed by atoms with Gasteiger partial charge in [0.2, 0.25) is 5.91 Å². The van der Waals surface area contributed by atoms with Gasteiger partial charge in [0.05, 0.1) is 18.8 Å². The molecule has 0 unspecified atom stereocenters. The van der Waals surface area contributed by atoms with E-state index in [0.29, 0.717) is 18.7 Å². The molecular formula is C24H28FN5OS. The molecule has 2 heterocycles. The minimum atomic E-state index is -0.259. The summed E-state index contributed by atoms with van der Waals surface area (Å²) in [7, 11) is 0. The number of halogens is 1. The highest BCUT2D eigenvalue weighted by molar-refractivity contribution is 7.99. The number of aryl methyl sites for hydroxylation is 1. The van der Waals surface area contributed by atoms with E-state index in [4.69, 9.17) is 0 Å². The van der Waals surface area contributed by atoms with E-state index in [1.807, 2.05) is 24.3 Å². The van der Waals surface area contributed by atoms with E-state index >= 15 is 0 Å². The fourth-order valence-electron chi connectivity index (χ4n) is 3.74. The first-order valence-electron chi connectivity index (χ1n) is 10.9. The van der Waals surface area contributed by atoms with E-state index in [0.717, 1.165) is 36.2 Å². The number of amides is 1. The van der Waals surface area contributed by atoms with Crippen LogP contribution in [0.5, 0.6) is 0 Å². The third kappa shape index (κ3) is 5.95. The molecular weight excluding hydrogens is 425 g/mol. The van der Waals surface area contributed by atoms with Gasteiger partial charge in [-0.15, -0.1) is 10.2 Å². The monoisotopic (exact) mass is 453 g/mol. The normalized spacial score (nSPS) is 14.1. The molecule has 0 aliphatic carbocycles. The van der Waals surface area contributed by atoms with E-state index in [-0.39, 0.29) is 17.5 Å². The molecule has 0 spiro atoms. The largest absolute Gasteiger partial charge is 0.351 e. The van der Waals surface area contributed by atoms with E-state index in [1.54, 1.807) is 13.0 Å². The molecule has 6 nitrogen and oxygen atoms in total. The number of thioether (sulfide) groups is 1. The smallest absolute Gasteiger partial charge is 0.230 e. The van der Waals surface area contributed by atoms with Gasteiger partial charge >= 0.3 is 0 Å². The van der Waals surface area contributed by atoms with Gasteiger partial charge in [-0.25, -0.2) is 4.39 Å². The van der Waals surface area contributed by atoms with Crippen molar-refractivity contribution >= 4 is 17.7 Å². The van der Waals surface area contributed by atoms with Gasteiger partial charge in [-0.3, -0.25) is 9.69 Å². The van der Waals surface area contributed by atoms with Crippen molar-refractivity contribution in [2.24, 2.45) is 0 Å². The summed E-state index contributed by atoms with van der Waals surface area (Å²) in [6.45, 7) is 5.63. The van der Waals surface area contributed by atoms with Gasteiger partial charge in [-0.1, -0.05) is 54.2 Å². The zero-order valence-corrected chi connectivity index (χ0v) is 19.1. The molecule has 1 fully saturated rings. The molecule has 1 N–H and O–H groups in total. The summed E-state index contributed by atoms with van der Waals surface area (Å²) in [5.74, 6) is 0.774. The fourth-order valence-corrected chi connectivity index (χ4v) is 4.52. The number of likely N-dealkylation sites (tertiary alicyclic amines) is 1. The zero-order valence-electron chi connectivity index (χ0n) is 18.3. The molecule has 3 aromatic rings. The standard InChI is InChI=1S/C24H28FN5OS/c1-18-9-10-20(13-21(18)25)14-26-23(31)17-32-24-28-27-22(16-29-11-5-6-12-29)30(24)15-19-7-3-2-4-8-19/h2-4,7-10,13H,5-6,11-12,14-17H2,1H3,(H,26,31). The Kier molecular flexibility index (Phi) is 7.55. The van der Waals surface area contributed by atoms with Crippen LogP contribution in [0.3, 0.4) is 0 Å². The topological polar surface area (TPSA) is 63.1 Å². The Labute approximate surface area is 192 Å². The number of hydrogen-bond donors (Lipinski definition) is 1. The lowest BCUT2D eigenvalue weighted by Crippen LogP contribution is -2.25. The summed E-state index contributed by atoms with van der Waals surface area (Å²) >= 11 is 1.38. The summed E-state index contributed by atoms with van der Waals surface area (Å²) in [5.41, 5.74) is 2.51. The molecule has 1 aliphatic heterocycles. The number of benzene rings is 2. The second kappa shape index (κ2) is 10.7. The highest BCUT2D eigenvalue weighted by Crippen LogP contribution is 2.21. The van der Waals surface area contributed by atoms with Crippen molar-refractivity contribution in [1.29, 1.82) is 0 Å². The van der Waals surface area contributed by atoms with Crippen LogP contribution in [-0.4, -0.2) is 44.4 Å². The lowest BCUT2D eigenvalue weighted by Gasteiger charge is -2.16. The van der Waals surface area contributed by atoms with Crippen LogP contribution in [0.15, 0.2) is 53.7 Å². The van der Waals surface area contributed by atoms with Crippen LogP contribution in [0, 0.1) is 12.7 Å². The van der Waals surface area contributed by atoms with Crippen LogP contribution < -0.4 is 5.32 Å². The molecule has 1 aromatic heterocycles. The van der Waals surface area contributed by atoms with Gasteiger partial charge < -0.3 is 9.88 Å². The van der Waals surface area contributed by atoms with Crippen LogP contribution in [0.1, 0.15) is 35.4 Å². The van der Waals surface area contributed by atoms with Gasteiger partial charge in [-0.2, -0.15) is 0 Å². The molecule has 168 valence electrons. The average Bonchev–Trinajstić information content (AvgIpc) is 3.45.